The predicted molar refractivity (Wildman–Crippen MR) is 91.6 cm³/mol. The zero-order chi connectivity index (χ0) is 17.4. The molecule has 0 radical (unpaired) electrons. The average Bonchev–Trinajstić information content (AvgIpc) is 2.61. The first kappa shape index (κ1) is 17.6. The molecule has 0 fully saturated rings. The third kappa shape index (κ3) is 4.87. The van der Waals surface area contributed by atoms with Gasteiger partial charge in [0, 0.05) is 18.9 Å². The molecular weight excluding hydrogens is 304 g/mol. The number of carbonyl (C=O) groups is 2. The van der Waals surface area contributed by atoms with Gasteiger partial charge in [0.15, 0.2) is 0 Å². The van der Waals surface area contributed by atoms with E-state index in [9.17, 15) is 9.59 Å². The smallest absolute Gasteiger partial charge is 0.270 e. The van der Waals surface area contributed by atoms with Gasteiger partial charge >= 0.3 is 0 Å². The molecule has 2 amide bonds. The number of hydrogen-bond donors (Lipinski definition) is 2. The Balaban J connectivity index is 2.01. The zero-order valence-electron chi connectivity index (χ0n) is 14.0. The number of pyridine rings is 2. The fourth-order valence-corrected chi connectivity index (χ4v) is 2.45. The Labute approximate surface area is 141 Å². The highest BCUT2D eigenvalue weighted by atomic mass is 16.2. The van der Waals surface area contributed by atoms with Gasteiger partial charge in [0.1, 0.15) is 11.4 Å². The van der Waals surface area contributed by atoms with Gasteiger partial charge in [-0.3, -0.25) is 19.6 Å². The number of amides is 2. The van der Waals surface area contributed by atoms with E-state index in [1.54, 1.807) is 48.8 Å². The first-order valence-electron chi connectivity index (χ1n) is 7.97. The topological polar surface area (TPSA) is 84.0 Å². The van der Waals surface area contributed by atoms with Crippen molar-refractivity contribution in [2.75, 3.05) is 6.54 Å². The summed E-state index contributed by atoms with van der Waals surface area (Å²) in [6.45, 7) is 4.26. The number of nitrogens with one attached hydrogen (secondary N) is 2. The molecule has 6 heteroatoms. The molecule has 2 rings (SSSR count). The van der Waals surface area contributed by atoms with E-state index in [0.29, 0.717) is 17.9 Å². The summed E-state index contributed by atoms with van der Waals surface area (Å²) in [5.41, 5.74) is 0.150. The molecule has 0 aliphatic rings. The third-order valence-corrected chi connectivity index (χ3v) is 3.65. The zero-order valence-corrected chi connectivity index (χ0v) is 14.0. The van der Waals surface area contributed by atoms with E-state index >= 15 is 0 Å². The molecule has 0 saturated heterocycles. The molecule has 2 N–H and O–H groups in total. The minimum absolute atomic E-state index is 0.251. The minimum Gasteiger partial charge on any atom is -0.348 e. The van der Waals surface area contributed by atoms with Gasteiger partial charge in [-0.2, -0.15) is 0 Å². The lowest BCUT2D eigenvalue weighted by Gasteiger charge is -2.30. The second kappa shape index (κ2) is 8.19. The fourth-order valence-electron chi connectivity index (χ4n) is 2.45. The fraction of sp³-hybridized carbons (Fsp3) is 0.333. The second-order valence-electron chi connectivity index (χ2n) is 5.88. The van der Waals surface area contributed by atoms with Crippen LogP contribution in [0.1, 0.15) is 47.7 Å². The Bertz CT molecular complexity index is 676. The van der Waals surface area contributed by atoms with E-state index in [0.717, 1.165) is 12.8 Å². The largest absolute Gasteiger partial charge is 0.348 e. The molecule has 24 heavy (non-hydrogen) atoms. The van der Waals surface area contributed by atoms with Crippen molar-refractivity contribution in [3.05, 3.63) is 60.2 Å². The van der Waals surface area contributed by atoms with Crippen LogP contribution in [0.2, 0.25) is 0 Å². The van der Waals surface area contributed by atoms with Crippen molar-refractivity contribution in [2.24, 2.45) is 0 Å². The Morgan fingerprint density at radius 2 is 1.58 bits per heavy atom. The van der Waals surface area contributed by atoms with E-state index in [1.807, 2.05) is 13.8 Å². The minimum atomic E-state index is -0.562. The van der Waals surface area contributed by atoms with E-state index in [1.165, 1.54) is 0 Å². The lowest BCUT2D eigenvalue weighted by Crippen LogP contribution is -2.53. The second-order valence-corrected chi connectivity index (χ2v) is 5.88. The van der Waals surface area contributed by atoms with Gasteiger partial charge in [0.25, 0.3) is 11.8 Å². The number of aromatic nitrogens is 2. The van der Waals surface area contributed by atoms with Crippen molar-refractivity contribution < 1.29 is 9.59 Å². The van der Waals surface area contributed by atoms with Gasteiger partial charge in [-0.1, -0.05) is 25.5 Å². The maximum atomic E-state index is 12.4. The maximum Gasteiger partial charge on any atom is 0.270 e. The Kier molecular flexibility index (Phi) is 6.01. The van der Waals surface area contributed by atoms with Crippen molar-refractivity contribution in [1.82, 2.24) is 20.6 Å². The van der Waals surface area contributed by atoms with Crippen molar-refractivity contribution in [3.63, 3.8) is 0 Å². The molecule has 0 aromatic carbocycles. The molecule has 0 unspecified atom stereocenters. The lowest BCUT2D eigenvalue weighted by molar-refractivity contribution is 0.0863. The summed E-state index contributed by atoms with van der Waals surface area (Å²) in [6, 6.07) is 10.4. The number of nitrogens with zero attached hydrogens (tertiary/aromatic N) is 2. The maximum absolute atomic E-state index is 12.4. The summed E-state index contributed by atoms with van der Waals surface area (Å²) >= 11 is 0. The van der Waals surface area contributed by atoms with Gasteiger partial charge in [0.2, 0.25) is 0 Å². The molecule has 6 nitrogen and oxygen atoms in total. The third-order valence-electron chi connectivity index (χ3n) is 3.65. The highest BCUT2D eigenvalue weighted by Crippen LogP contribution is 2.13. The van der Waals surface area contributed by atoms with Gasteiger partial charge in [0.05, 0.1) is 5.54 Å². The predicted octanol–water partition coefficient (Wildman–Crippen LogP) is 2.20. The van der Waals surface area contributed by atoms with Gasteiger partial charge < -0.3 is 10.6 Å². The first-order chi connectivity index (χ1) is 11.5. The highest BCUT2D eigenvalue weighted by Gasteiger charge is 2.27. The first-order valence-corrected chi connectivity index (χ1v) is 7.97. The Morgan fingerprint density at radius 3 is 2.08 bits per heavy atom. The van der Waals surface area contributed by atoms with E-state index in [-0.39, 0.29) is 11.8 Å². The molecule has 0 aliphatic heterocycles. The average molecular weight is 326 g/mol. The van der Waals surface area contributed by atoms with Crippen LogP contribution in [0.25, 0.3) is 0 Å². The monoisotopic (exact) mass is 326 g/mol. The summed E-state index contributed by atoms with van der Waals surface area (Å²) in [5.74, 6) is -0.511. The van der Waals surface area contributed by atoms with Crippen LogP contribution in [-0.4, -0.2) is 33.9 Å². The summed E-state index contributed by atoms with van der Waals surface area (Å²) in [4.78, 5) is 32.6. The summed E-state index contributed by atoms with van der Waals surface area (Å²) in [7, 11) is 0. The summed E-state index contributed by atoms with van der Waals surface area (Å²) < 4.78 is 0. The number of hydrogen-bond acceptors (Lipinski definition) is 4. The summed E-state index contributed by atoms with van der Waals surface area (Å²) in [6.07, 6.45) is 4.75. The van der Waals surface area contributed by atoms with E-state index in [4.69, 9.17) is 0 Å². The molecule has 2 heterocycles. The van der Waals surface area contributed by atoms with Crippen LogP contribution in [-0.2, 0) is 0 Å². The van der Waals surface area contributed by atoms with Gasteiger partial charge in [-0.15, -0.1) is 0 Å². The van der Waals surface area contributed by atoms with Crippen molar-refractivity contribution >= 4 is 11.8 Å². The summed E-state index contributed by atoms with van der Waals surface area (Å²) in [5, 5.41) is 5.83. The highest BCUT2D eigenvalue weighted by molar-refractivity contribution is 5.93. The molecule has 1 atom stereocenters. The molecule has 0 saturated carbocycles. The molecular formula is C18H22N4O2. The van der Waals surface area contributed by atoms with E-state index in [2.05, 4.69) is 20.6 Å². The molecule has 2 aromatic heterocycles. The van der Waals surface area contributed by atoms with Crippen molar-refractivity contribution in [1.29, 1.82) is 0 Å². The SMILES string of the molecule is CCC[C@@](C)(CNC(=O)c1ccccn1)NC(=O)c1ccccn1. The lowest BCUT2D eigenvalue weighted by atomic mass is 9.95. The van der Waals surface area contributed by atoms with Crippen LogP contribution in [0.4, 0.5) is 0 Å². The molecule has 0 aliphatic carbocycles. The van der Waals surface area contributed by atoms with Crippen molar-refractivity contribution in [3.8, 4) is 0 Å². The van der Waals surface area contributed by atoms with E-state index < -0.39 is 5.54 Å². The number of rotatable bonds is 7. The standard InChI is InChI=1S/C18H22N4O2/c1-3-10-18(2,22-17(24)15-9-5-7-12-20-15)13-21-16(23)14-8-4-6-11-19-14/h4-9,11-12H,3,10,13H2,1-2H3,(H,21,23)(H,22,24)/t18-/m0/s1. The Hall–Kier alpha value is -2.76. The molecule has 2 aromatic rings. The van der Waals surface area contributed by atoms with Crippen LogP contribution < -0.4 is 10.6 Å². The van der Waals surface area contributed by atoms with Crippen molar-refractivity contribution in [2.45, 2.75) is 32.2 Å². The quantitative estimate of drug-likeness (QED) is 0.817. The van der Waals surface area contributed by atoms with Crippen LogP contribution in [0.15, 0.2) is 48.8 Å². The molecule has 0 spiro atoms. The van der Waals surface area contributed by atoms with Gasteiger partial charge in [-0.05, 0) is 37.6 Å². The van der Waals surface area contributed by atoms with Crippen LogP contribution in [0.5, 0.6) is 0 Å². The van der Waals surface area contributed by atoms with Gasteiger partial charge in [-0.25, -0.2) is 0 Å². The number of carbonyl (C=O) groups excluding carboxylic acids is 2. The van der Waals surface area contributed by atoms with Crippen LogP contribution in [0, 0.1) is 0 Å². The Morgan fingerprint density at radius 1 is 1.00 bits per heavy atom. The van der Waals surface area contributed by atoms with Crippen LogP contribution >= 0.6 is 0 Å². The molecule has 0 bridgehead atoms. The normalized spacial score (nSPS) is 12.9. The molecule has 126 valence electrons. The van der Waals surface area contributed by atoms with Crippen LogP contribution in [0.3, 0.4) is 0 Å².